The fourth-order valence-corrected chi connectivity index (χ4v) is 2.67. The normalized spacial score (nSPS) is 10.1. The van der Waals surface area contributed by atoms with Gasteiger partial charge in [0.15, 0.2) is 0 Å². The molecule has 0 aliphatic carbocycles. The van der Waals surface area contributed by atoms with Crippen LogP contribution in [0.1, 0.15) is 12.0 Å². The number of nitrogens with zero attached hydrogens (tertiary/aromatic N) is 1. The van der Waals surface area contributed by atoms with Gasteiger partial charge in [0.2, 0.25) is 5.91 Å². The second-order valence-electron chi connectivity index (χ2n) is 6.28. The number of hydrogen-bond donors (Lipinski definition) is 2. The predicted molar refractivity (Wildman–Crippen MR) is 112 cm³/mol. The Kier molecular flexibility index (Phi) is 7.23. The minimum atomic E-state index is -0.551. The first kappa shape index (κ1) is 19.9. The van der Waals surface area contributed by atoms with Gasteiger partial charge in [0.05, 0.1) is 11.4 Å². The number of para-hydroxylation sites is 2. The van der Waals surface area contributed by atoms with Gasteiger partial charge in [-0.25, -0.2) is 4.79 Å². The van der Waals surface area contributed by atoms with E-state index in [4.69, 9.17) is 4.74 Å². The molecule has 2 N–H and O–H groups in total. The van der Waals surface area contributed by atoms with Crippen molar-refractivity contribution in [3.8, 4) is 0 Å². The molecule has 3 aromatic rings. The maximum absolute atomic E-state index is 12.4. The number of benzene rings is 3. The average Bonchev–Trinajstić information content (AvgIpc) is 2.78. The minimum absolute atomic E-state index is 0.122. The average molecular weight is 389 g/mol. The molecule has 3 aromatic carbocycles. The van der Waals surface area contributed by atoms with Gasteiger partial charge < -0.3 is 10.1 Å². The standard InChI is InChI=1S/C23H23N3O3/c27-22(16-17-24-23(28)29-18-19-10-4-1-5-11-19)25-26(20-12-6-2-7-13-20)21-14-8-3-9-15-21/h1-15H,16-18H2,(H,24,28)(H,25,27). The van der Waals surface area contributed by atoms with Crippen molar-refractivity contribution in [1.82, 2.24) is 10.7 Å². The van der Waals surface area contributed by atoms with Crippen LogP contribution in [0.5, 0.6) is 0 Å². The van der Waals surface area contributed by atoms with Crippen molar-refractivity contribution in [3.63, 3.8) is 0 Å². The number of carbonyl (C=O) groups excluding carboxylic acids is 2. The Labute approximate surface area is 170 Å². The summed E-state index contributed by atoms with van der Waals surface area (Å²) >= 11 is 0. The topological polar surface area (TPSA) is 70.7 Å². The Morgan fingerprint density at radius 1 is 0.759 bits per heavy atom. The molecule has 0 aliphatic rings. The minimum Gasteiger partial charge on any atom is -0.445 e. The maximum Gasteiger partial charge on any atom is 0.407 e. The molecule has 0 aliphatic heterocycles. The third-order valence-electron chi connectivity index (χ3n) is 4.10. The lowest BCUT2D eigenvalue weighted by atomic mass is 10.2. The number of nitrogens with one attached hydrogen (secondary N) is 2. The van der Waals surface area contributed by atoms with E-state index in [0.717, 1.165) is 16.9 Å². The highest BCUT2D eigenvalue weighted by molar-refractivity contribution is 5.81. The molecule has 0 aromatic heterocycles. The van der Waals surface area contributed by atoms with E-state index in [0.29, 0.717) is 0 Å². The van der Waals surface area contributed by atoms with E-state index in [9.17, 15) is 9.59 Å². The molecular weight excluding hydrogens is 366 g/mol. The lowest BCUT2D eigenvalue weighted by Gasteiger charge is -2.25. The van der Waals surface area contributed by atoms with E-state index in [2.05, 4.69) is 10.7 Å². The van der Waals surface area contributed by atoms with Crippen molar-refractivity contribution in [2.45, 2.75) is 13.0 Å². The van der Waals surface area contributed by atoms with Gasteiger partial charge in [0, 0.05) is 13.0 Å². The highest BCUT2D eigenvalue weighted by Crippen LogP contribution is 2.22. The molecule has 0 saturated carbocycles. The highest BCUT2D eigenvalue weighted by Gasteiger charge is 2.13. The molecule has 0 saturated heterocycles. The largest absolute Gasteiger partial charge is 0.445 e. The van der Waals surface area contributed by atoms with Crippen LogP contribution in [-0.2, 0) is 16.1 Å². The van der Waals surface area contributed by atoms with Crippen LogP contribution in [0.3, 0.4) is 0 Å². The molecular formula is C23H23N3O3. The van der Waals surface area contributed by atoms with Crippen molar-refractivity contribution in [3.05, 3.63) is 96.6 Å². The summed E-state index contributed by atoms with van der Waals surface area (Å²) in [6.45, 7) is 0.367. The van der Waals surface area contributed by atoms with Crippen LogP contribution in [0, 0.1) is 0 Å². The predicted octanol–water partition coefficient (Wildman–Crippen LogP) is 4.17. The summed E-state index contributed by atoms with van der Waals surface area (Å²) in [6, 6.07) is 28.5. The molecule has 148 valence electrons. The summed E-state index contributed by atoms with van der Waals surface area (Å²) in [4.78, 5) is 24.2. The zero-order chi connectivity index (χ0) is 20.3. The molecule has 0 bridgehead atoms. The van der Waals surface area contributed by atoms with Crippen molar-refractivity contribution in [2.24, 2.45) is 0 Å². The molecule has 0 spiro atoms. The van der Waals surface area contributed by atoms with Crippen LogP contribution in [0.4, 0.5) is 16.2 Å². The number of ether oxygens (including phenoxy) is 1. The van der Waals surface area contributed by atoms with Gasteiger partial charge >= 0.3 is 6.09 Å². The zero-order valence-corrected chi connectivity index (χ0v) is 16.0. The first-order chi connectivity index (χ1) is 14.2. The van der Waals surface area contributed by atoms with Gasteiger partial charge in [-0.2, -0.15) is 0 Å². The number of hydrogen-bond acceptors (Lipinski definition) is 4. The third kappa shape index (κ3) is 6.39. The smallest absolute Gasteiger partial charge is 0.407 e. The zero-order valence-electron chi connectivity index (χ0n) is 16.0. The Balaban J connectivity index is 1.48. The Morgan fingerprint density at radius 3 is 1.83 bits per heavy atom. The van der Waals surface area contributed by atoms with Crippen LogP contribution in [-0.4, -0.2) is 18.5 Å². The van der Waals surface area contributed by atoms with Gasteiger partial charge in [0.1, 0.15) is 6.61 Å². The molecule has 0 atom stereocenters. The van der Waals surface area contributed by atoms with Gasteiger partial charge in [-0.1, -0.05) is 66.7 Å². The SMILES string of the molecule is O=C(CCNC(=O)OCc1ccccc1)NN(c1ccccc1)c1ccccc1. The molecule has 3 rings (SSSR count). The molecule has 29 heavy (non-hydrogen) atoms. The van der Waals surface area contributed by atoms with E-state index in [-0.39, 0.29) is 25.5 Å². The molecule has 0 fully saturated rings. The lowest BCUT2D eigenvalue weighted by Crippen LogP contribution is -2.40. The van der Waals surface area contributed by atoms with Gasteiger partial charge in [-0.3, -0.25) is 15.2 Å². The number of rotatable bonds is 8. The van der Waals surface area contributed by atoms with Crippen molar-refractivity contribution in [1.29, 1.82) is 0 Å². The first-order valence-corrected chi connectivity index (χ1v) is 9.36. The summed E-state index contributed by atoms with van der Waals surface area (Å²) in [6.07, 6.45) is -0.430. The van der Waals surface area contributed by atoms with Gasteiger partial charge in [0.25, 0.3) is 0 Å². The number of carbonyl (C=O) groups is 2. The van der Waals surface area contributed by atoms with Crippen molar-refractivity contribution < 1.29 is 14.3 Å². The van der Waals surface area contributed by atoms with E-state index >= 15 is 0 Å². The van der Waals surface area contributed by atoms with Crippen LogP contribution >= 0.6 is 0 Å². The molecule has 6 nitrogen and oxygen atoms in total. The molecule has 0 unspecified atom stereocenters. The van der Waals surface area contributed by atoms with E-state index in [1.807, 2.05) is 91.0 Å². The van der Waals surface area contributed by atoms with Crippen LogP contribution < -0.4 is 15.8 Å². The van der Waals surface area contributed by atoms with E-state index in [1.165, 1.54) is 0 Å². The summed E-state index contributed by atoms with van der Waals surface area (Å²) in [7, 11) is 0. The Bertz CT molecular complexity index is 863. The van der Waals surface area contributed by atoms with Crippen molar-refractivity contribution in [2.75, 3.05) is 11.6 Å². The van der Waals surface area contributed by atoms with Crippen LogP contribution in [0.15, 0.2) is 91.0 Å². The molecule has 2 amide bonds. The second-order valence-corrected chi connectivity index (χ2v) is 6.28. The second kappa shape index (κ2) is 10.5. The van der Waals surface area contributed by atoms with Crippen molar-refractivity contribution >= 4 is 23.4 Å². The molecule has 0 radical (unpaired) electrons. The van der Waals surface area contributed by atoms with E-state index in [1.54, 1.807) is 5.01 Å². The fraction of sp³-hybridized carbons (Fsp3) is 0.130. The maximum atomic E-state index is 12.4. The Hall–Kier alpha value is -3.80. The summed E-state index contributed by atoms with van der Waals surface area (Å²) in [5.74, 6) is -0.221. The third-order valence-corrected chi connectivity index (χ3v) is 4.10. The Morgan fingerprint density at radius 2 is 1.28 bits per heavy atom. The summed E-state index contributed by atoms with van der Waals surface area (Å²) in [5.41, 5.74) is 5.46. The van der Waals surface area contributed by atoms with Crippen LogP contribution in [0.25, 0.3) is 0 Å². The number of alkyl carbamates (subject to hydrolysis) is 1. The number of hydrazine groups is 1. The van der Waals surface area contributed by atoms with Gasteiger partial charge in [-0.05, 0) is 29.8 Å². The highest BCUT2D eigenvalue weighted by atomic mass is 16.5. The monoisotopic (exact) mass is 389 g/mol. The fourth-order valence-electron chi connectivity index (χ4n) is 2.67. The van der Waals surface area contributed by atoms with E-state index < -0.39 is 6.09 Å². The van der Waals surface area contributed by atoms with Gasteiger partial charge in [-0.15, -0.1) is 0 Å². The number of anilines is 2. The summed E-state index contributed by atoms with van der Waals surface area (Å²) < 4.78 is 5.14. The quantitative estimate of drug-likeness (QED) is 0.567. The molecule has 6 heteroatoms. The summed E-state index contributed by atoms with van der Waals surface area (Å²) in [5, 5.41) is 4.31. The first-order valence-electron chi connectivity index (χ1n) is 9.36. The number of amides is 2. The lowest BCUT2D eigenvalue weighted by molar-refractivity contribution is -0.120. The molecule has 0 heterocycles. The van der Waals surface area contributed by atoms with Crippen LogP contribution in [0.2, 0.25) is 0 Å².